The number of rotatable bonds is 5. The van der Waals surface area contributed by atoms with E-state index in [1.54, 1.807) is 4.90 Å². The van der Waals surface area contributed by atoms with Crippen molar-refractivity contribution in [2.45, 2.75) is 26.7 Å². The number of hydrogen-bond acceptors (Lipinski definition) is 5. The molecular weight excluding hydrogens is 314 g/mol. The second kappa shape index (κ2) is 7.51. The van der Waals surface area contributed by atoms with Gasteiger partial charge in [0.05, 0.1) is 0 Å². The Morgan fingerprint density at radius 3 is 2.52 bits per heavy atom. The number of carbonyl (C=O) groups excluding carboxylic acids is 1. The van der Waals surface area contributed by atoms with Gasteiger partial charge in [-0.3, -0.25) is 4.79 Å². The van der Waals surface area contributed by atoms with Crippen LogP contribution in [0.3, 0.4) is 0 Å². The Morgan fingerprint density at radius 1 is 1.12 bits per heavy atom. The van der Waals surface area contributed by atoms with Crippen LogP contribution in [0.5, 0.6) is 0 Å². The Hall–Kier alpha value is -2.63. The van der Waals surface area contributed by atoms with Gasteiger partial charge >= 0.3 is 0 Å². The number of nitrogens with zero attached hydrogens (tertiary/aromatic N) is 4. The molecule has 1 aromatic carbocycles. The standard InChI is InChI=1S/C19H25N5O/c1-14(2)16-6-4-5-7-17(16)21-19-20-15(3)12-18(22-19)24-10-8-23(13-25)9-11-24/h4-7,12-14H,8-11H2,1-3H3,(H,20,21,22). The molecule has 0 atom stereocenters. The maximum Gasteiger partial charge on any atom is 0.229 e. The van der Waals surface area contributed by atoms with Crippen LogP contribution in [-0.4, -0.2) is 47.5 Å². The van der Waals surface area contributed by atoms with Gasteiger partial charge in [-0.05, 0) is 24.5 Å². The van der Waals surface area contributed by atoms with Crippen molar-refractivity contribution in [2.75, 3.05) is 36.4 Å². The molecule has 0 aliphatic carbocycles. The van der Waals surface area contributed by atoms with E-state index in [0.29, 0.717) is 11.9 Å². The summed E-state index contributed by atoms with van der Waals surface area (Å²) in [7, 11) is 0. The number of nitrogens with one attached hydrogen (secondary N) is 1. The average molecular weight is 339 g/mol. The van der Waals surface area contributed by atoms with Crippen LogP contribution in [-0.2, 0) is 4.79 Å². The highest BCUT2D eigenvalue weighted by atomic mass is 16.1. The highest BCUT2D eigenvalue weighted by Gasteiger charge is 2.18. The quantitative estimate of drug-likeness (QED) is 0.849. The zero-order valence-electron chi connectivity index (χ0n) is 15.1. The molecule has 0 bridgehead atoms. The van der Waals surface area contributed by atoms with E-state index in [9.17, 15) is 4.79 Å². The van der Waals surface area contributed by atoms with E-state index in [2.05, 4.69) is 47.2 Å². The zero-order chi connectivity index (χ0) is 17.8. The summed E-state index contributed by atoms with van der Waals surface area (Å²) in [6.45, 7) is 9.36. The molecule has 1 amide bonds. The lowest BCUT2D eigenvalue weighted by Crippen LogP contribution is -2.46. The molecule has 6 nitrogen and oxygen atoms in total. The van der Waals surface area contributed by atoms with Gasteiger partial charge in [-0.2, -0.15) is 4.98 Å². The molecule has 1 aromatic heterocycles. The summed E-state index contributed by atoms with van der Waals surface area (Å²) in [4.78, 5) is 24.1. The second-order valence-electron chi connectivity index (χ2n) is 6.69. The van der Waals surface area contributed by atoms with Crippen LogP contribution < -0.4 is 10.2 Å². The van der Waals surface area contributed by atoms with E-state index in [0.717, 1.165) is 49.8 Å². The highest BCUT2D eigenvalue weighted by Crippen LogP contribution is 2.26. The third kappa shape index (κ3) is 4.07. The van der Waals surface area contributed by atoms with E-state index in [1.807, 2.05) is 19.1 Å². The number of carbonyl (C=O) groups is 1. The lowest BCUT2D eigenvalue weighted by Gasteiger charge is -2.33. The fourth-order valence-electron chi connectivity index (χ4n) is 3.06. The lowest BCUT2D eigenvalue weighted by atomic mass is 10.0. The van der Waals surface area contributed by atoms with Gasteiger partial charge in [0.25, 0.3) is 0 Å². The fraction of sp³-hybridized carbons (Fsp3) is 0.421. The topological polar surface area (TPSA) is 61.4 Å². The van der Waals surface area contributed by atoms with Gasteiger partial charge < -0.3 is 15.1 Å². The summed E-state index contributed by atoms with van der Waals surface area (Å²) >= 11 is 0. The molecule has 1 fully saturated rings. The highest BCUT2D eigenvalue weighted by molar-refractivity contribution is 5.61. The Balaban J connectivity index is 1.82. The smallest absolute Gasteiger partial charge is 0.229 e. The van der Waals surface area contributed by atoms with Gasteiger partial charge in [-0.15, -0.1) is 0 Å². The van der Waals surface area contributed by atoms with Gasteiger partial charge in [-0.25, -0.2) is 4.98 Å². The molecule has 1 N–H and O–H groups in total. The van der Waals surface area contributed by atoms with Crippen molar-refractivity contribution in [3.05, 3.63) is 41.6 Å². The first-order valence-corrected chi connectivity index (χ1v) is 8.72. The third-order valence-electron chi connectivity index (χ3n) is 4.46. The molecule has 1 aliphatic heterocycles. The minimum atomic E-state index is 0.421. The Bertz CT molecular complexity index is 738. The maximum atomic E-state index is 10.9. The van der Waals surface area contributed by atoms with Crippen molar-refractivity contribution in [2.24, 2.45) is 0 Å². The van der Waals surface area contributed by atoms with Crippen LogP contribution in [0.2, 0.25) is 0 Å². The van der Waals surface area contributed by atoms with Crippen LogP contribution in [0, 0.1) is 6.92 Å². The normalized spacial score (nSPS) is 14.7. The molecule has 1 saturated heterocycles. The van der Waals surface area contributed by atoms with Crippen molar-refractivity contribution in [3.8, 4) is 0 Å². The lowest BCUT2D eigenvalue weighted by molar-refractivity contribution is -0.118. The summed E-state index contributed by atoms with van der Waals surface area (Å²) in [5, 5.41) is 3.38. The fourth-order valence-corrected chi connectivity index (χ4v) is 3.06. The summed E-state index contributed by atoms with van der Waals surface area (Å²) in [5.41, 5.74) is 3.21. The van der Waals surface area contributed by atoms with E-state index in [4.69, 9.17) is 4.98 Å². The van der Waals surface area contributed by atoms with Crippen LogP contribution >= 0.6 is 0 Å². The number of anilines is 3. The molecule has 0 spiro atoms. The molecule has 2 aromatic rings. The maximum absolute atomic E-state index is 10.9. The van der Waals surface area contributed by atoms with E-state index >= 15 is 0 Å². The second-order valence-corrected chi connectivity index (χ2v) is 6.69. The van der Waals surface area contributed by atoms with E-state index in [1.165, 1.54) is 5.56 Å². The first kappa shape index (κ1) is 17.2. The molecule has 132 valence electrons. The first-order chi connectivity index (χ1) is 12.1. The Morgan fingerprint density at radius 2 is 1.84 bits per heavy atom. The Kier molecular flexibility index (Phi) is 5.16. The van der Waals surface area contributed by atoms with Crippen LogP contribution in [0.25, 0.3) is 0 Å². The molecule has 0 radical (unpaired) electrons. The van der Waals surface area contributed by atoms with Crippen LogP contribution in [0.1, 0.15) is 31.0 Å². The average Bonchev–Trinajstić information content (AvgIpc) is 2.61. The SMILES string of the molecule is Cc1cc(N2CCN(C=O)CC2)nc(Nc2ccccc2C(C)C)n1. The monoisotopic (exact) mass is 339 g/mol. The van der Waals surface area contributed by atoms with Crippen molar-refractivity contribution in [1.29, 1.82) is 0 Å². The number of aryl methyl sites for hydroxylation is 1. The first-order valence-electron chi connectivity index (χ1n) is 8.72. The predicted molar refractivity (Wildman–Crippen MR) is 100 cm³/mol. The molecule has 1 aliphatic rings. The summed E-state index contributed by atoms with van der Waals surface area (Å²) in [6.07, 6.45) is 0.915. The van der Waals surface area contributed by atoms with Gasteiger partial charge in [0.1, 0.15) is 5.82 Å². The van der Waals surface area contributed by atoms with Gasteiger partial charge in [-0.1, -0.05) is 32.0 Å². The molecule has 2 heterocycles. The van der Waals surface area contributed by atoms with Crippen molar-refractivity contribution < 1.29 is 4.79 Å². The van der Waals surface area contributed by atoms with Crippen molar-refractivity contribution >= 4 is 23.9 Å². The number of hydrogen-bond donors (Lipinski definition) is 1. The Labute approximate surface area is 148 Å². The van der Waals surface area contributed by atoms with Gasteiger partial charge in [0.15, 0.2) is 0 Å². The summed E-state index contributed by atoms with van der Waals surface area (Å²) in [6, 6.07) is 10.3. The van der Waals surface area contributed by atoms with Crippen molar-refractivity contribution in [1.82, 2.24) is 14.9 Å². The molecule has 0 saturated carbocycles. The van der Waals surface area contributed by atoms with Crippen LogP contribution in [0.4, 0.5) is 17.5 Å². The van der Waals surface area contributed by atoms with E-state index < -0.39 is 0 Å². The molecule has 6 heteroatoms. The molecular formula is C19H25N5O. The minimum absolute atomic E-state index is 0.421. The number of aromatic nitrogens is 2. The number of benzene rings is 1. The number of piperazine rings is 1. The largest absolute Gasteiger partial charge is 0.353 e. The minimum Gasteiger partial charge on any atom is -0.353 e. The van der Waals surface area contributed by atoms with Gasteiger partial charge in [0.2, 0.25) is 12.4 Å². The summed E-state index contributed by atoms with van der Waals surface area (Å²) in [5.74, 6) is 1.94. The molecule has 3 rings (SSSR count). The van der Waals surface area contributed by atoms with E-state index in [-0.39, 0.29) is 0 Å². The predicted octanol–water partition coefficient (Wildman–Crippen LogP) is 2.93. The van der Waals surface area contributed by atoms with Crippen molar-refractivity contribution in [3.63, 3.8) is 0 Å². The molecule has 0 unspecified atom stereocenters. The third-order valence-corrected chi connectivity index (χ3v) is 4.46. The van der Waals surface area contributed by atoms with Gasteiger partial charge in [0, 0.05) is 43.6 Å². The van der Waals surface area contributed by atoms with Crippen LogP contribution in [0.15, 0.2) is 30.3 Å². The number of para-hydroxylation sites is 1. The molecule has 25 heavy (non-hydrogen) atoms. The number of amides is 1. The zero-order valence-corrected chi connectivity index (χ0v) is 15.1. The summed E-state index contributed by atoms with van der Waals surface area (Å²) < 4.78 is 0.